The third kappa shape index (κ3) is 3.59. The first-order chi connectivity index (χ1) is 16.6. The summed E-state index contributed by atoms with van der Waals surface area (Å²) in [5, 5.41) is 21.1. The van der Waals surface area contributed by atoms with Crippen molar-refractivity contribution in [3.63, 3.8) is 0 Å². The molecule has 0 bridgehead atoms. The topological polar surface area (TPSA) is 93.4 Å². The van der Waals surface area contributed by atoms with Crippen LogP contribution in [0, 0.1) is 11.8 Å². The Balaban J connectivity index is 1.53. The minimum absolute atomic E-state index is 0.0830. The highest BCUT2D eigenvalue weighted by molar-refractivity contribution is 6.32. The number of allylic oxidation sites excluding steroid dienone is 2. The van der Waals surface area contributed by atoms with Gasteiger partial charge in [0.2, 0.25) is 5.69 Å². The fourth-order valence-electron chi connectivity index (χ4n) is 5.52. The number of aromatic nitrogens is 1. The highest BCUT2D eigenvalue weighted by Crippen LogP contribution is 2.46. The Morgan fingerprint density at radius 1 is 1.17 bits per heavy atom. The normalized spacial score (nSPS) is 19.0. The second-order valence-corrected chi connectivity index (χ2v) is 10.6. The lowest BCUT2D eigenvalue weighted by Crippen LogP contribution is -2.38. The summed E-state index contributed by atoms with van der Waals surface area (Å²) in [6, 6.07) is 13.1. The van der Waals surface area contributed by atoms with Gasteiger partial charge in [-0.1, -0.05) is 32.0 Å². The van der Waals surface area contributed by atoms with Crippen molar-refractivity contribution in [2.24, 2.45) is 11.8 Å². The smallest absolute Gasteiger partial charge is 0.335 e. The second kappa shape index (κ2) is 8.22. The predicted molar refractivity (Wildman–Crippen MR) is 137 cm³/mol. The first kappa shape index (κ1) is 23.1. The summed E-state index contributed by atoms with van der Waals surface area (Å²) in [7, 11) is 0. The zero-order valence-electron chi connectivity index (χ0n) is 20.6. The van der Waals surface area contributed by atoms with Gasteiger partial charge in [0.15, 0.2) is 11.5 Å². The van der Waals surface area contributed by atoms with E-state index in [9.17, 15) is 19.8 Å². The summed E-state index contributed by atoms with van der Waals surface area (Å²) in [6.45, 7) is 9.66. The Morgan fingerprint density at radius 3 is 2.60 bits per heavy atom. The van der Waals surface area contributed by atoms with Crippen LogP contribution < -0.4 is 0 Å². The summed E-state index contributed by atoms with van der Waals surface area (Å²) < 4.78 is 2.35. The van der Waals surface area contributed by atoms with Gasteiger partial charge in [0.1, 0.15) is 12.3 Å². The maximum atomic E-state index is 13.4. The Hall–Kier alpha value is -3.67. The SMILES string of the molecule is CC(C)CC[N+]1=C(CC2C(=O)C(c3c[nH]c4ccc(C(=O)O)cc34)=C2O)C(C)(C)c2ccccc21. The second-order valence-electron chi connectivity index (χ2n) is 10.6. The van der Waals surface area contributed by atoms with Crippen molar-refractivity contribution >= 4 is 39.6 Å². The van der Waals surface area contributed by atoms with E-state index >= 15 is 0 Å². The van der Waals surface area contributed by atoms with E-state index in [-0.39, 0.29) is 28.1 Å². The van der Waals surface area contributed by atoms with Gasteiger partial charge in [0.25, 0.3) is 0 Å². The predicted octanol–water partition coefficient (Wildman–Crippen LogP) is 5.85. The maximum absolute atomic E-state index is 13.4. The van der Waals surface area contributed by atoms with Crippen LogP contribution in [-0.2, 0) is 10.2 Å². The number of hydrogen-bond acceptors (Lipinski definition) is 3. The van der Waals surface area contributed by atoms with E-state index in [2.05, 4.69) is 55.5 Å². The van der Waals surface area contributed by atoms with Crippen molar-refractivity contribution in [3.8, 4) is 0 Å². The van der Waals surface area contributed by atoms with Crippen LogP contribution in [0.2, 0.25) is 0 Å². The molecule has 0 fully saturated rings. The van der Waals surface area contributed by atoms with Crippen LogP contribution in [0.3, 0.4) is 0 Å². The number of aliphatic hydroxyl groups is 1. The van der Waals surface area contributed by atoms with Gasteiger partial charge in [-0.05, 0) is 38.0 Å². The molecule has 1 atom stereocenters. The number of nitrogens with one attached hydrogen (secondary N) is 1. The Bertz CT molecular complexity index is 1440. The van der Waals surface area contributed by atoms with Crippen molar-refractivity contribution < 1.29 is 24.4 Å². The Labute approximate surface area is 204 Å². The molecule has 1 aliphatic heterocycles. The number of para-hydroxylation sites is 1. The number of carboxylic acid groups (broad SMARTS) is 1. The lowest BCUT2D eigenvalue weighted by molar-refractivity contribution is -0.441. The molecule has 1 aromatic heterocycles. The van der Waals surface area contributed by atoms with Gasteiger partial charge in [-0.2, -0.15) is 4.58 Å². The number of H-pyrrole nitrogens is 1. The number of benzene rings is 2. The minimum atomic E-state index is -1.03. The van der Waals surface area contributed by atoms with Crippen LogP contribution in [0.1, 0.15) is 62.0 Å². The summed E-state index contributed by atoms with van der Waals surface area (Å²) in [5.41, 5.74) is 5.03. The number of aromatic amines is 1. The number of Topliss-reactive ketones (excluding diaryl/α,β-unsaturated/α-hetero) is 1. The monoisotopic (exact) mass is 471 g/mol. The first-order valence-corrected chi connectivity index (χ1v) is 12.2. The minimum Gasteiger partial charge on any atom is -0.511 e. The van der Waals surface area contributed by atoms with Crippen LogP contribution in [0.5, 0.6) is 0 Å². The molecular formula is C29H31N2O4+. The standard InChI is InChI=1S/C29H30N2O4/c1-16(2)11-12-31-23-8-6-5-7-21(23)29(3,4)24(31)14-19-26(32)25(27(19)33)20-15-30-22-10-9-17(28(34)35)13-18(20)22/h5-10,13,15-16,19,30H,11-12,14H2,1-4H3,(H-,32,33,34,35)/p+1. The van der Waals surface area contributed by atoms with Crippen molar-refractivity contribution in [2.45, 2.75) is 46.0 Å². The molecule has 35 heavy (non-hydrogen) atoms. The Morgan fingerprint density at radius 2 is 1.91 bits per heavy atom. The maximum Gasteiger partial charge on any atom is 0.335 e. The van der Waals surface area contributed by atoms with Crippen LogP contribution in [0.4, 0.5) is 5.69 Å². The number of carbonyl (C=O) groups excluding carboxylic acids is 1. The molecular weight excluding hydrogens is 440 g/mol. The quantitative estimate of drug-likeness (QED) is 0.377. The van der Waals surface area contributed by atoms with Gasteiger partial charge < -0.3 is 15.2 Å². The fourth-order valence-corrected chi connectivity index (χ4v) is 5.52. The summed E-state index contributed by atoms with van der Waals surface area (Å²) >= 11 is 0. The van der Waals surface area contributed by atoms with Gasteiger partial charge in [0, 0.05) is 47.1 Å². The average molecular weight is 472 g/mol. The number of hydrogen-bond donors (Lipinski definition) is 3. The highest BCUT2D eigenvalue weighted by Gasteiger charge is 2.50. The number of fused-ring (bicyclic) bond motifs is 2. The lowest BCUT2D eigenvalue weighted by atomic mass is 9.71. The third-order valence-electron chi connectivity index (χ3n) is 7.59. The van der Waals surface area contributed by atoms with Gasteiger partial charge in [-0.3, -0.25) is 4.79 Å². The molecule has 2 heterocycles. The van der Waals surface area contributed by atoms with E-state index in [1.54, 1.807) is 18.3 Å². The molecule has 5 rings (SSSR count). The summed E-state index contributed by atoms with van der Waals surface area (Å²) in [5.74, 6) is -1.10. The van der Waals surface area contributed by atoms with Crippen molar-refractivity contribution in [1.82, 2.24) is 4.98 Å². The summed E-state index contributed by atoms with van der Waals surface area (Å²) in [4.78, 5) is 27.9. The molecule has 1 unspecified atom stereocenters. The molecule has 2 aliphatic rings. The van der Waals surface area contributed by atoms with Crippen LogP contribution in [0.15, 0.2) is 54.4 Å². The molecule has 0 spiro atoms. The number of carboxylic acids is 1. The number of aliphatic hydroxyl groups excluding tert-OH is 1. The number of carbonyl (C=O) groups is 2. The van der Waals surface area contributed by atoms with E-state index < -0.39 is 11.9 Å². The molecule has 0 saturated heterocycles. The zero-order chi connectivity index (χ0) is 25.1. The third-order valence-corrected chi connectivity index (χ3v) is 7.59. The molecule has 0 amide bonds. The average Bonchev–Trinajstić information content (AvgIpc) is 3.32. The first-order valence-electron chi connectivity index (χ1n) is 12.2. The molecule has 0 radical (unpaired) electrons. The van der Waals surface area contributed by atoms with Crippen molar-refractivity contribution in [2.75, 3.05) is 6.54 Å². The van der Waals surface area contributed by atoms with E-state index in [0.29, 0.717) is 23.3 Å². The fraction of sp³-hybridized carbons (Fsp3) is 0.345. The number of aromatic carboxylic acids is 1. The van der Waals surface area contributed by atoms with Gasteiger partial charge >= 0.3 is 5.97 Å². The Kier molecular flexibility index (Phi) is 5.42. The van der Waals surface area contributed by atoms with Gasteiger partial charge in [0.05, 0.1) is 22.5 Å². The molecule has 1 aliphatic carbocycles. The number of rotatable bonds is 7. The van der Waals surface area contributed by atoms with Crippen LogP contribution in [-0.4, -0.2) is 43.8 Å². The largest absolute Gasteiger partial charge is 0.511 e. The van der Waals surface area contributed by atoms with E-state index in [1.165, 1.54) is 17.3 Å². The lowest BCUT2D eigenvalue weighted by Gasteiger charge is -2.29. The van der Waals surface area contributed by atoms with E-state index in [0.717, 1.165) is 24.2 Å². The molecule has 6 heteroatoms. The molecule has 0 saturated carbocycles. The number of ketones is 1. The van der Waals surface area contributed by atoms with Crippen molar-refractivity contribution in [3.05, 3.63) is 71.1 Å². The molecule has 2 aromatic carbocycles. The highest BCUT2D eigenvalue weighted by atomic mass is 16.4. The number of nitrogens with zero attached hydrogens (tertiary/aromatic N) is 1. The van der Waals surface area contributed by atoms with Gasteiger partial charge in [-0.15, -0.1) is 0 Å². The van der Waals surface area contributed by atoms with Crippen LogP contribution >= 0.6 is 0 Å². The molecule has 3 aromatic rings. The van der Waals surface area contributed by atoms with E-state index in [1.807, 2.05) is 6.07 Å². The van der Waals surface area contributed by atoms with Gasteiger partial charge in [-0.25, -0.2) is 4.79 Å². The molecule has 3 N–H and O–H groups in total. The van der Waals surface area contributed by atoms with Crippen molar-refractivity contribution in [1.29, 1.82) is 0 Å². The molecule has 180 valence electrons. The van der Waals surface area contributed by atoms with Crippen LogP contribution in [0.25, 0.3) is 16.5 Å². The molecule has 6 nitrogen and oxygen atoms in total. The van der Waals surface area contributed by atoms with E-state index in [4.69, 9.17) is 0 Å². The zero-order valence-corrected chi connectivity index (χ0v) is 20.6. The summed E-state index contributed by atoms with van der Waals surface area (Å²) in [6.07, 6.45) is 3.16.